The van der Waals surface area contributed by atoms with E-state index < -0.39 is 0 Å². The minimum Gasteiger partial charge on any atom is -0.456 e. The van der Waals surface area contributed by atoms with Crippen molar-refractivity contribution in [2.75, 3.05) is 27.2 Å². The lowest BCUT2D eigenvalue weighted by atomic mass is 10.2. The molecule has 0 radical (unpaired) electrons. The maximum absolute atomic E-state index is 6.16. The van der Waals surface area contributed by atoms with E-state index in [2.05, 4.69) is 27.5 Å². The molecule has 0 amide bonds. The van der Waals surface area contributed by atoms with Gasteiger partial charge in [-0.2, -0.15) is 5.10 Å². The summed E-state index contributed by atoms with van der Waals surface area (Å²) < 4.78 is 5.91. The number of nitrogens with one attached hydrogen (secondary N) is 2. The molecular weight excluding hydrogens is 324 g/mol. The lowest BCUT2D eigenvalue weighted by Gasteiger charge is -2.15. The van der Waals surface area contributed by atoms with Crippen LogP contribution in [0.4, 0.5) is 0 Å². The number of nitrogens with zero attached hydrogens (tertiary/aromatic N) is 2. The molecule has 0 spiro atoms. The Labute approximate surface area is 146 Å². The van der Waals surface area contributed by atoms with Gasteiger partial charge in [-0.3, -0.25) is 10.00 Å². The molecule has 0 aliphatic carbocycles. The molecule has 3 rings (SSSR count). The van der Waals surface area contributed by atoms with Crippen LogP contribution in [0.3, 0.4) is 0 Å². The lowest BCUT2D eigenvalue weighted by molar-refractivity contribution is 0.325. The van der Waals surface area contributed by atoms with Gasteiger partial charge in [-0.1, -0.05) is 23.7 Å². The highest BCUT2D eigenvalue weighted by molar-refractivity contribution is 6.32. The summed E-state index contributed by atoms with van der Waals surface area (Å²) in [6.07, 6.45) is 0. The number of likely N-dealkylation sites (N-methyl/N-ethyl adjacent to an activating group) is 2. The molecule has 0 unspecified atom stereocenters. The predicted molar refractivity (Wildman–Crippen MR) is 97.9 cm³/mol. The van der Waals surface area contributed by atoms with Crippen molar-refractivity contribution in [2.24, 2.45) is 0 Å². The first-order valence-electron chi connectivity index (χ1n) is 7.90. The van der Waals surface area contributed by atoms with Crippen molar-refractivity contribution in [1.82, 2.24) is 20.4 Å². The largest absolute Gasteiger partial charge is 0.456 e. The van der Waals surface area contributed by atoms with Gasteiger partial charge in [0.15, 0.2) is 0 Å². The SMILES string of the molecule is CNCCN(C)Cc1n[nH]c2ccc(Oc3ccccc3Cl)cc12. The van der Waals surface area contributed by atoms with Crippen molar-refractivity contribution in [3.05, 3.63) is 53.2 Å². The molecule has 0 atom stereocenters. The quantitative estimate of drug-likeness (QED) is 0.686. The number of halogens is 1. The maximum atomic E-state index is 6.16. The number of H-pyrrole nitrogens is 1. The van der Waals surface area contributed by atoms with Gasteiger partial charge in [-0.05, 0) is 44.4 Å². The molecule has 6 heteroatoms. The van der Waals surface area contributed by atoms with E-state index in [1.807, 2.05) is 49.5 Å². The van der Waals surface area contributed by atoms with Crippen molar-refractivity contribution in [2.45, 2.75) is 6.54 Å². The van der Waals surface area contributed by atoms with Gasteiger partial charge in [0.05, 0.1) is 16.2 Å². The Hall–Kier alpha value is -2.08. The van der Waals surface area contributed by atoms with Crippen LogP contribution in [0, 0.1) is 0 Å². The van der Waals surface area contributed by atoms with Crippen molar-refractivity contribution < 1.29 is 4.74 Å². The number of hydrogen-bond acceptors (Lipinski definition) is 4. The summed E-state index contributed by atoms with van der Waals surface area (Å²) in [5.74, 6) is 1.39. The fourth-order valence-corrected chi connectivity index (χ4v) is 2.70. The Kier molecular flexibility index (Phi) is 5.35. The maximum Gasteiger partial charge on any atom is 0.146 e. The van der Waals surface area contributed by atoms with Gasteiger partial charge in [0, 0.05) is 25.0 Å². The molecule has 0 bridgehead atoms. The van der Waals surface area contributed by atoms with Gasteiger partial charge >= 0.3 is 0 Å². The second-order valence-electron chi connectivity index (χ2n) is 5.75. The Morgan fingerprint density at radius 2 is 2.08 bits per heavy atom. The third-order valence-electron chi connectivity index (χ3n) is 3.84. The Balaban J connectivity index is 1.82. The van der Waals surface area contributed by atoms with E-state index in [-0.39, 0.29) is 0 Å². The van der Waals surface area contributed by atoms with Crippen LogP contribution in [0.1, 0.15) is 5.69 Å². The monoisotopic (exact) mass is 344 g/mol. The molecule has 5 nitrogen and oxygen atoms in total. The number of aromatic amines is 1. The molecule has 3 aromatic rings. The molecule has 0 fully saturated rings. The zero-order valence-electron chi connectivity index (χ0n) is 13.8. The normalized spacial score (nSPS) is 11.3. The standard InChI is InChI=1S/C18H21ClN4O/c1-20-9-10-23(2)12-17-14-11-13(7-8-16(14)21-22-17)24-18-6-4-3-5-15(18)19/h3-8,11,20H,9-10,12H2,1-2H3,(H,21,22). The topological polar surface area (TPSA) is 53.2 Å². The summed E-state index contributed by atoms with van der Waals surface area (Å²) in [7, 11) is 4.04. The molecule has 0 saturated heterocycles. The van der Waals surface area contributed by atoms with E-state index in [0.717, 1.165) is 42.0 Å². The average Bonchev–Trinajstić information content (AvgIpc) is 2.97. The molecule has 2 aromatic carbocycles. The van der Waals surface area contributed by atoms with Crippen LogP contribution < -0.4 is 10.1 Å². The van der Waals surface area contributed by atoms with Crippen molar-refractivity contribution in [3.8, 4) is 11.5 Å². The molecule has 2 N–H and O–H groups in total. The number of benzene rings is 2. The zero-order valence-corrected chi connectivity index (χ0v) is 14.6. The number of fused-ring (bicyclic) bond motifs is 1. The number of ether oxygens (including phenoxy) is 1. The summed E-state index contributed by atoms with van der Waals surface area (Å²) in [4.78, 5) is 2.23. The first kappa shape index (κ1) is 16.8. The smallest absolute Gasteiger partial charge is 0.146 e. The minimum atomic E-state index is 0.594. The van der Waals surface area contributed by atoms with E-state index >= 15 is 0 Å². The van der Waals surface area contributed by atoms with E-state index in [0.29, 0.717) is 10.8 Å². The average molecular weight is 345 g/mol. The van der Waals surface area contributed by atoms with E-state index in [1.54, 1.807) is 0 Å². The molecule has 24 heavy (non-hydrogen) atoms. The summed E-state index contributed by atoms with van der Waals surface area (Å²) in [5.41, 5.74) is 2.01. The predicted octanol–water partition coefficient (Wildman–Crippen LogP) is 3.66. The first-order chi connectivity index (χ1) is 11.7. The van der Waals surface area contributed by atoms with Gasteiger partial charge < -0.3 is 10.1 Å². The van der Waals surface area contributed by atoms with E-state index in [4.69, 9.17) is 16.3 Å². The second-order valence-corrected chi connectivity index (χ2v) is 6.16. The molecular formula is C18H21ClN4O. The molecule has 126 valence electrons. The Morgan fingerprint density at radius 1 is 1.25 bits per heavy atom. The Morgan fingerprint density at radius 3 is 2.88 bits per heavy atom. The van der Waals surface area contributed by atoms with Crippen LogP contribution in [0.15, 0.2) is 42.5 Å². The van der Waals surface area contributed by atoms with Gasteiger partial charge in [-0.25, -0.2) is 0 Å². The Bertz CT molecular complexity index is 818. The van der Waals surface area contributed by atoms with Crippen molar-refractivity contribution in [1.29, 1.82) is 0 Å². The van der Waals surface area contributed by atoms with E-state index in [9.17, 15) is 0 Å². The number of hydrogen-bond donors (Lipinski definition) is 2. The van der Waals surface area contributed by atoms with Crippen LogP contribution in [0.25, 0.3) is 10.9 Å². The molecule has 0 saturated carbocycles. The first-order valence-corrected chi connectivity index (χ1v) is 8.27. The van der Waals surface area contributed by atoms with Gasteiger partial charge in [0.25, 0.3) is 0 Å². The highest BCUT2D eigenvalue weighted by atomic mass is 35.5. The fraction of sp³-hybridized carbons (Fsp3) is 0.278. The van der Waals surface area contributed by atoms with Gasteiger partial charge in [-0.15, -0.1) is 0 Å². The van der Waals surface area contributed by atoms with Crippen LogP contribution >= 0.6 is 11.6 Å². The number of rotatable bonds is 7. The summed E-state index contributed by atoms with van der Waals surface area (Å²) in [6.45, 7) is 2.68. The van der Waals surface area contributed by atoms with E-state index in [1.165, 1.54) is 0 Å². The van der Waals surface area contributed by atoms with Crippen molar-refractivity contribution in [3.63, 3.8) is 0 Å². The number of para-hydroxylation sites is 1. The molecule has 1 heterocycles. The molecule has 1 aromatic heterocycles. The fourth-order valence-electron chi connectivity index (χ4n) is 2.52. The number of aromatic nitrogens is 2. The zero-order chi connectivity index (χ0) is 16.9. The highest BCUT2D eigenvalue weighted by Gasteiger charge is 2.10. The third kappa shape index (κ3) is 3.87. The summed E-state index contributed by atoms with van der Waals surface area (Å²) in [6, 6.07) is 13.4. The van der Waals surface area contributed by atoms with Crippen LogP contribution in [-0.4, -0.2) is 42.3 Å². The van der Waals surface area contributed by atoms with Crippen LogP contribution in [-0.2, 0) is 6.54 Å². The van der Waals surface area contributed by atoms with Gasteiger partial charge in [0.2, 0.25) is 0 Å². The molecule has 0 aliphatic heterocycles. The molecule has 0 aliphatic rings. The van der Waals surface area contributed by atoms with Gasteiger partial charge in [0.1, 0.15) is 11.5 Å². The summed E-state index contributed by atoms with van der Waals surface area (Å²) >= 11 is 6.16. The van der Waals surface area contributed by atoms with Crippen molar-refractivity contribution >= 4 is 22.5 Å². The highest BCUT2D eigenvalue weighted by Crippen LogP contribution is 2.31. The van der Waals surface area contributed by atoms with Crippen LogP contribution in [0.5, 0.6) is 11.5 Å². The van der Waals surface area contributed by atoms with Crippen LogP contribution in [0.2, 0.25) is 5.02 Å². The minimum absolute atomic E-state index is 0.594. The second kappa shape index (κ2) is 7.66. The third-order valence-corrected chi connectivity index (χ3v) is 4.15. The summed E-state index contributed by atoms with van der Waals surface area (Å²) in [5, 5.41) is 12.3. The lowest BCUT2D eigenvalue weighted by Crippen LogP contribution is -2.27.